The standard InChI is InChI=1S/C12H25N3OS/c1-4-15-8-5-11(6-9-15)14(2)12(17)13-7-10-16-3/h11H,4-10H2,1-3H3,(H,13,17). The Kier molecular flexibility index (Phi) is 6.77. The molecule has 0 spiro atoms. The fourth-order valence-corrected chi connectivity index (χ4v) is 2.42. The number of nitrogens with one attached hydrogen (secondary N) is 1. The Balaban J connectivity index is 2.27. The summed E-state index contributed by atoms with van der Waals surface area (Å²) in [6.45, 7) is 7.24. The van der Waals surface area contributed by atoms with Gasteiger partial charge < -0.3 is 19.9 Å². The Hall–Kier alpha value is -0.390. The lowest BCUT2D eigenvalue weighted by Gasteiger charge is -2.37. The van der Waals surface area contributed by atoms with Crippen molar-refractivity contribution in [3.05, 3.63) is 0 Å². The number of likely N-dealkylation sites (tertiary alicyclic amines) is 1. The van der Waals surface area contributed by atoms with E-state index in [-0.39, 0.29) is 0 Å². The molecule has 0 aliphatic carbocycles. The van der Waals surface area contributed by atoms with Crippen LogP contribution in [0.4, 0.5) is 0 Å². The highest BCUT2D eigenvalue weighted by Gasteiger charge is 2.22. The number of ether oxygens (including phenoxy) is 1. The number of hydrogen-bond donors (Lipinski definition) is 1. The molecule has 0 aromatic heterocycles. The van der Waals surface area contributed by atoms with Crippen LogP contribution in [0.5, 0.6) is 0 Å². The van der Waals surface area contributed by atoms with Crippen molar-refractivity contribution in [2.75, 3.05) is 46.9 Å². The molecule has 4 nitrogen and oxygen atoms in total. The number of rotatable bonds is 5. The molecule has 0 bridgehead atoms. The van der Waals surface area contributed by atoms with Crippen LogP contribution >= 0.6 is 12.2 Å². The molecule has 1 saturated heterocycles. The van der Waals surface area contributed by atoms with E-state index in [0.29, 0.717) is 12.6 Å². The smallest absolute Gasteiger partial charge is 0.169 e. The molecular formula is C12H25N3OS. The first-order valence-electron chi connectivity index (χ1n) is 6.41. The number of methoxy groups -OCH3 is 1. The average molecular weight is 259 g/mol. The fourth-order valence-electron chi connectivity index (χ4n) is 2.17. The van der Waals surface area contributed by atoms with Crippen molar-refractivity contribution in [2.45, 2.75) is 25.8 Å². The molecule has 0 saturated carbocycles. The first-order chi connectivity index (χ1) is 8.19. The van der Waals surface area contributed by atoms with E-state index >= 15 is 0 Å². The molecule has 1 aliphatic rings. The first-order valence-corrected chi connectivity index (χ1v) is 6.81. The van der Waals surface area contributed by atoms with Gasteiger partial charge in [0, 0.05) is 39.8 Å². The van der Waals surface area contributed by atoms with Crippen LogP contribution in [0.3, 0.4) is 0 Å². The van der Waals surface area contributed by atoms with Crippen molar-refractivity contribution in [2.24, 2.45) is 0 Å². The summed E-state index contributed by atoms with van der Waals surface area (Å²) in [4.78, 5) is 4.70. The van der Waals surface area contributed by atoms with E-state index in [1.54, 1.807) is 7.11 Å². The summed E-state index contributed by atoms with van der Waals surface area (Å²) in [6, 6.07) is 0.584. The van der Waals surface area contributed by atoms with Gasteiger partial charge in [-0.05, 0) is 31.6 Å². The van der Waals surface area contributed by atoms with Crippen LogP contribution < -0.4 is 5.32 Å². The highest BCUT2D eigenvalue weighted by atomic mass is 32.1. The van der Waals surface area contributed by atoms with Crippen molar-refractivity contribution in [3.63, 3.8) is 0 Å². The number of thiocarbonyl (C=S) groups is 1. The zero-order valence-electron chi connectivity index (χ0n) is 11.2. The van der Waals surface area contributed by atoms with Crippen molar-refractivity contribution in [1.82, 2.24) is 15.1 Å². The van der Waals surface area contributed by atoms with Gasteiger partial charge >= 0.3 is 0 Å². The van der Waals surface area contributed by atoms with Gasteiger partial charge in [0.05, 0.1) is 6.61 Å². The van der Waals surface area contributed by atoms with E-state index in [9.17, 15) is 0 Å². The third-order valence-corrected chi connectivity index (χ3v) is 3.89. The van der Waals surface area contributed by atoms with Crippen molar-refractivity contribution < 1.29 is 4.74 Å². The van der Waals surface area contributed by atoms with Crippen molar-refractivity contribution in [3.8, 4) is 0 Å². The Morgan fingerprint density at radius 2 is 2.12 bits per heavy atom. The summed E-state index contributed by atoms with van der Waals surface area (Å²) >= 11 is 5.37. The van der Waals surface area contributed by atoms with Crippen LogP contribution in [0.15, 0.2) is 0 Å². The molecule has 100 valence electrons. The molecule has 5 heteroatoms. The molecule has 0 radical (unpaired) electrons. The maximum Gasteiger partial charge on any atom is 0.169 e. The molecule has 0 amide bonds. The topological polar surface area (TPSA) is 27.7 Å². The first kappa shape index (κ1) is 14.7. The molecule has 17 heavy (non-hydrogen) atoms. The van der Waals surface area contributed by atoms with E-state index in [1.807, 2.05) is 0 Å². The molecule has 0 aromatic carbocycles. The van der Waals surface area contributed by atoms with Gasteiger partial charge in [-0.2, -0.15) is 0 Å². The lowest BCUT2D eigenvalue weighted by atomic mass is 10.0. The van der Waals surface area contributed by atoms with Gasteiger partial charge in [-0.1, -0.05) is 6.92 Å². The fraction of sp³-hybridized carbons (Fsp3) is 0.917. The van der Waals surface area contributed by atoms with Gasteiger partial charge in [-0.25, -0.2) is 0 Å². The predicted molar refractivity (Wildman–Crippen MR) is 75.4 cm³/mol. The maximum absolute atomic E-state index is 5.37. The number of nitrogens with zero attached hydrogens (tertiary/aromatic N) is 2. The molecule has 1 N–H and O–H groups in total. The van der Waals surface area contributed by atoms with Crippen molar-refractivity contribution >= 4 is 17.3 Å². The second-order valence-corrected chi connectivity index (χ2v) is 4.89. The van der Waals surface area contributed by atoms with Crippen LogP contribution in [-0.2, 0) is 4.74 Å². The largest absolute Gasteiger partial charge is 0.383 e. The molecule has 1 aliphatic heterocycles. The zero-order valence-corrected chi connectivity index (χ0v) is 12.1. The van der Waals surface area contributed by atoms with E-state index in [2.05, 4.69) is 29.1 Å². The van der Waals surface area contributed by atoms with E-state index in [1.165, 1.54) is 25.9 Å². The van der Waals surface area contributed by atoms with Gasteiger partial charge in [0.25, 0.3) is 0 Å². The van der Waals surface area contributed by atoms with Crippen LogP contribution in [0.25, 0.3) is 0 Å². The summed E-state index contributed by atoms with van der Waals surface area (Å²) in [7, 11) is 3.79. The molecule has 1 rings (SSSR count). The lowest BCUT2D eigenvalue weighted by molar-refractivity contribution is 0.169. The summed E-state index contributed by atoms with van der Waals surface area (Å²) in [5, 5.41) is 4.07. The average Bonchev–Trinajstić information content (AvgIpc) is 2.38. The maximum atomic E-state index is 5.37. The number of piperidine rings is 1. The minimum atomic E-state index is 0.584. The SMILES string of the molecule is CCN1CCC(N(C)C(=S)NCCOC)CC1. The van der Waals surface area contributed by atoms with Gasteiger partial charge in [0.1, 0.15) is 0 Å². The van der Waals surface area contributed by atoms with Crippen LogP contribution in [-0.4, -0.2) is 67.9 Å². The second-order valence-electron chi connectivity index (χ2n) is 4.50. The molecule has 0 atom stereocenters. The monoisotopic (exact) mass is 259 g/mol. The normalized spacial score (nSPS) is 18.1. The minimum absolute atomic E-state index is 0.584. The Morgan fingerprint density at radius 1 is 1.47 bits per heavy atom. The quantitative estimate of drug-likeness (QED) is 0.585. The van der Waals surface area contributed by atoms with E-state index in [0.717, 1.165) is 18.2 Å². The van der Waals surface area contributed by atoms with Gasteiger partial charge in [0.15, 0.2) is 5.11 Å². The van der Waals surface area contributed by atoms with Crippen LogP contribution in [0.2, 0.25) is 0 Å². The summed E-state index contributed by atoms with van der Waals surface area (Å²) in [5.74, 6) is 0. The third kappa shape index (κ3) is 4.77. The molecule has 1 fully saturated rings. The van der Waals surface area contributed by atoms with Crippen LogP contribution in [0, 0.1) is 0 Å². The summed E-state index contributed by atoms with van der Waals surface area (Å²) < 4.78 is 5.00. The zero-order chi connectivity index (χ0) is 12.7. The summed E-state index contributed by atoms with van der Waals surface area (Å²) in [6.07, 6.45) is 2.41. The second kappa shape index (κ2) is 7.84. The highest BCUT2D eigenvalue weighted by Crippen LogP contribution is 2.15. The Morgan fingerprint density at radius 3 is 2.65 bits per heavy atom. The third-order valence-electron chi connectivity index (χ3n) is 3.45. The van der Waals surface area contributed by atoms with E-state index < -0.39 is 0 Å². The Labute approximate surface area is 110 Å². The minimum Gasteiger partial charge on any atom is -0.383 e. The van der Waals surface area contributed by atoms with Crippen LogP contribution in [0.1, 0.15) is 19.8 Å². The Bertz CT molecular complexity index is 230. The molecular weight excluding hydrogens is 234 g/mol. The van der Waals surface area contributed by atoms with Gasteiger partial charge in [0.2, 0.25) is 0 Å². The molecule has 1 heterocycles. The predicted octanol–water partition coefficient (Wildman–Crippen LogP) is 0.923. The number of hydrogen-bond acceptors (Lipinski definition) is 3. The molecule has 0 unspecified atom stereocenters. The molecule has 0 aromatic rings. The van der Waals surface area contributed by atoms with Gasteiger partial charge in [-0.3, -0.25) is 0 Å². The lowest BCUT2D eigenvalue weighted by Crippen LogP contribution is -2.49. The van der Waals surface area contributed by atoms with Crippen molar-refractivity contribution in [1.29, 1.82) is 0 Å². The van der Waals surface area contributed by atoms with E-state index in [4.69, 9.17) is 17.0 Å². The highest BCUT2D eigenvalue weighted by molar-refractivity contribution is 7.80. The van der Waals surface area contributed by atoms with Gasteiger partial charge in [-0.15, -0.1) is 0 Å². The summed E-state index contributed by atoms with van der Waals surface area (Å²) in [5.41, 5.74) is 0.